The molecule has 0 aliphatic rings. The van der Waals surface area contributed by atoms with E-state index in [1.54, 1.807) is 0 Å². The van der Waals surface area contributed by atoms with Crippen LogP contribution in [-0.4, -0.2) is 17.4 Å². The highest BCUT2D eigenvalue weighted by atomic mass is 28.4. The third-order valence-electron chi connectivity index (χ3n) is 2.77. The van der Waals surface area contributed by atoms with Crippen LogP contribution in [-0.2, 0) is 4.12 Å². The molecule has 0 aliphatic heterocycles. The Hall–Kier alpha value is 0.134. The Balaban J connectivity index is 3.28. The molecule has 1 nitrogen and oxygen atoms in total. The summed E-state index contributed by atoms with van der Waals surface area (Å²) < 4.78 is 6.17. The van der Waals surface area contributed by atoms with E-state index in [4.69, 9.17) is 4.12 Å². The number of hydrogen-bond donors (Lipinski definition) is 0. The molecular weight excluding hydrogens is 240 g/mol. The molecule has 0 aromatic carbocycles. The van der Waals surface area contributed by atoms with Crippen LogP contribution in [0.25, 0.3) is 0 Å². The van der Waals surface area contributed by atoms with E-state index in [0.29, 0.717) is 0 Å². The van der Waals surface area contributed by atoms with E-state index in [0.717, 1.165) is 0 Å². The molecule has 0 aromatic heterocycles. The minimum absolute atomic E-state index is 0.847. The van der Waals surface area contributed by atoms with Crippen molar-refractivity contribution >= 4 is 17.4 Å². The normalized spacial score (nSPS) is 14.4. The molecule has 0 rings (SSSR count). The predicted octanol–water partition coefficient (Wildman–Crippen LogP) is 5.11. The fourth-order valence-electron chi connectivity index (χ4n) is 2.05. The Kier molecular flexibility index (Phi) is 10.2. The molecule has 0 bridgehead atoms. The SMILES string of the molecule is CC=CCCCCCCC[SiH](C)O[Si](C)(C)C. The fourth-order valence-corrected chi connectivity index (χ4v) is 8.22. The molecule has 0 aliphatic carbocycles. The van der Waals surface area contributed by atoms with Crippen LogP contribution in [0.4, 0.5) is 0 Å². The van der Waals surface area contributed by atoms with Crippen molar-refractivity contribution in [1.82, 2.24) is 0 Å². The molecule has 0 amide bonds. The van der Waals surface area contributed by atoms with Gasteiger partial charge in [0.25, 0.3) is 0 Å². The Morgan fingerprint density at radius 1 is 1.00 bits per heavy atom. The van der Waals surface area contributed by atoms with Crippen molar-refractivity contribution in [3.63, 3.8) is 0 Å². The molecule has 0 radical (unpaired) electrons. The molecular formula is C14H32OSi2. The summed E-state index contributed by atoms with van der Waals surface area (Å²) in [5.41, 5.74) is 0. The van der Waals surface area contributed by atoms with Crippen LogP contribution < -0.4 is 0 Å². The smallest absolute Gasteiger partial charge is 0.170 e. The zero-order valence-electron chi connectivity index (χ0n) is 12.6. The Morgan fingerprint density at radius 3 is 2.18 bits per heavy atom. The molecule has 0 fully saturated rings. The van der Waals surface area contributed by atoms with Gasteiger partial charge in [-0.15, -0.1) is 0 Å². The van der Waals surface area contributed by atoms with Gasteiger partial charge in [-0.3, -0.25) is 0 Å². The molecule has 0 aromatic rings. The lowest BCUT2D eigenvalue weighted by Crippen LogP contribution is -2.32. The topological polar surface area (TPSA) is 9.23 Å². The fraction of sp³-hybridized carbons (Fsp3) is 0.857. The van der Waals surface area contributed by atoms with Gasteiger partial charge in [0.15, 0.2) is 17.4 Å². The van der Waals surface area contributed by atoms with E-state index < -0.39 is 17.4 Å². The third kappa shape index (κ3) is 14.1. The number of unbranched alkanes of at least 4 members (excludes halogenated alkanes) is 5. The number of allylic oxidation sites excluding steroid dienone is 2. The molecule has 3 heteroatoms. The molecule has 1 atom stereocenters. The maximum absolute atomic E-state index is 6.17. The summed E-state index contributed by atoms with van der Waals surface area (Å²) >= 11 is 0. The van der Waals surface area contributed by atoms with Gasteiger partial charge in [-0.25, -0.2) is 0 Å². The van der Waals surface area contributed by atoms with Crippen molar-refractivity contribution in [3.05, 3.63) is 12.2 Å². The van der Waals surface area contributed by atoms with E-state index in [-0.39, 0.29) is 0 Å². The van der Waals surface area contributed by atoms with E-state index in [9.17, 15) is 0 Å². The highest BCUT2D eigenvalue weighted by Gasteiger charge is 2.18. The van der Waals surface area contributed by atoms with Crippen molar-refractivity contribution in [3.8, 4) is 0 Å². The molecule has 0 heterocycles. The molecule has 17 heavy (non-hydrogen) atoms. The number of rotatable bonds is 10. The first kappa shape index (κ1) is 17.1. The largest absolute Gasteiger partial charge is 0.458 e. The minimum Gasteiger partial charge on any atom is -0.458 e. The van der Waals surface area contributed by atoms with Crippen LogP contribution in [0.15, 0.2) is 12.2 Å². The molecule has 0 saturated heterocycles. The average molecular weight is 273 g/mol. The maximum Gasteiger partial charge on any atom is 0.170 e. The summed E-state index contributed by atoms with van der Waals surface area (Å²) in [5, 5.41) is 0. The van der Waals surface area contributed by atoms with Gasteiger partial charge in [0.2, 0.25) is 0 Å². The summed E-state index contributed by atoms with van der Waals surface area (Å²) in [6, 6.07) is 1.37. The predicted molar refractivity (Wildman–Crippen MR) is 84.8 cm³/mol. The molecule has 102 valence electrons. The Bertz CT molecular complexity index is 197. The summed E-state index contributed by atoms with van der Waals surface area (Å²) in [4.78, 5) is 0. The van der Waals surface area contributed by atoms with Crippen LogP contribution in [0.3, 0.4) is 0 Å². The first-order valence-electron chi connectivity index (χ1n) is 7.24. The third-order valence-corrected chi connectivity index (χ3v) is 8.43. The summed E-state index contributed by atoms with van der Waals surface area (Å²) in [5.74, 6) is 0. The second-order valence-electron chi connectivity index (χ2n) is 5.95. The second kappa shape index (κ2) is 10.1. The summed E-state index contributed by atoms with van der Waals surface area (Å²) in [6.07, 6.45) is 12.7. The first-order chi connectivity index (χ1) is 7.95. The maximum atomic E-state index is 6.17. The monoisotopic (exact) mass is 272 g/mol. The average Bonchev–Trinajstić information content (AvgIpc) is 2.19. The zero-order chi connectivity index (χ0) is 13.1. The second-order valence-corrected chi connectivity index (χ2v) is 13.3. The number of hydrogen-bond acceptors (Lipinski definition) is 1. The summed E-state index contributed by atoms with van der Waals surface area (Å²) in [7, 11) is -2.10. The van der Waals surface area contributed by atoms with Gasteiger partial charge in [0.1, 0.15) is 0 Å². The highest BCUT2D eigenvalue weighted by molar-refractivity contribution is 6.77. The minimum atomic E-state index is -1.26. The van der Waals surface area contributed by atoms with Crippen LogP contribution in [0.1, 0.15) is 45.4 Å². The molecule has 0 spiro atoms. The van der Waals surface area contributed by atoms with Gasteiger partial charge < -0.3 is 4.12 Å². The zero-order valence-corrected chi connectivity index (χ0v) is 14.7. The van der Waals surface area contributed by atoms with Crippen LogP contribution in [0, 0.1) is 0 Å². The summed E-state index contributed by atoms with van der Waals surface area (Å²) in [6.45, 7) is 11.4. The van der Waals surface area contributed by atoms with E-state index in [2.05, 4.69) is 45.3 Å². The van der Waals surface area contributed by atoms with Crippen LogP contribution in [0.2, 0.25) is 32.2 Å². The standard InChI is InChI=1S/C14H32OSi2/c1-6-7-8-9-10-11-12-13-14-16(2)15-17(3,4)5/h6-7,16H,8-14H2,1-5H3. The Morgan fingerprint density at radius 2 is 1.59 bits per heavy atom. The van der Waals surface area contributed by atoms with Gasteiger partial charge in [-0.1, -0.05) is 37.8 Å². The lowest BCUT2D eigenvalue weighted by Gasteiger charge is -2.22. The molecule has 0 N–H and O–H groups in total. The lowest BCUT2D eigenvalue weighted by atomic mass is 10.1. The quantitative estimate of drug-likeness (QED) is 0.305. The van der Waals surface area contributed by atoms with Gasteiger partial charge in [-0.2, -0.15) is 0 Å². The van der Waals surface area contributed by atoms with Gasteiger partial charge in [0, 0.05) is 0 Å². The van der Waals surface area contributed by atoms with E-state index in [1.807, 2.05) is 0 Å². The van der Waals surface area contributed by atoms with Crippen molar-refractivity contribution < 1.29 is 4.12 Å². The van der Waals surface area contributed by atoms with Crippen molar-refractivity contribution in [2.75, 3.05) is 0 Å². The molecule has 1 unspecified atom stereocenters. The first-order valence-corrected chi connectivity index (χ1v) is 13.1. The van der Waals surface area contributed by atoms with Crippen LogP contribution in [0.5, 0.6) is 0 Å². The lowest BCUT2D eigenvalue weighted by molar-refractivity contribution is 0.561. The Labute approximate surface area is 112 Å². The molecule has 0 saturated carbocycles. The highest BCUT2D eigenvalue weighted by Crippen LogP contribution is 2.13. The van der Waals surface area contributed by atoms with Gasteiger partial charge in [0.05, 0.1) is 0 Å². The van der Waals surface area contributed by atoms with E-state index in [1.165, 1.54) is 44.6 Å². The van der Waals surface area contributed by atoms with Crippen molar-refractivity contribution in [1.29, 1.82) is 0 Å². The van der Waals surface area contributed by atoms with Gasteiger partial charge in [-0.05, 0) is 52.0 Å². The van der Waals surface area contributed by atoms with Crippen LogP contribution >= 0.6 is 0 Å². The van der Waals surface area contributed by atoms with E-state index >= 15 is 0 Å². The van der Waals surface area contributed by atoms with Crippen molar-refractivity contribution in [2.24, 2.45) is 0 Å². The van der Waals surface area contributed by atoms with Gasteiger partial charge >= 0.3 is 0 Å². The van der Waals surface area contributed by atoms with Crippen molar-refractivity contribution in [2.45, 2.75) is 77.7 Å².